The number of pyridine rings is 1. The molecule has 2 aromatic rings. The van der Waals surface area contributed by atoms with Crippen LogP contribution in [0.4, 0.5) is 26.1 Å². The number of anilines is 3. The maximum atomic E-state index is 13.7. The van der Waals surface area contributed by atoms with Crippen molar-refractivity contribution in [2.75, 3.05) is 17.2 Å². The summed E-state index contributed by atoms with van der Waals surface area (Å²) in [6.07, 6.45) is 0. The normalized spacial score (nSPS) is 10.6. The summed E-state index contributed by atoms with van der Waals surface area (Å²) < 4.78 is 27.1. The van der Waals surface area contributed by atoms with Crippen molar-refractivity contribution < 1.29 is 8.78 Å². The van der Waals surface area contributed by atoms with Gasteiger partial charge in [-0.25, -0.2) is 13.8 Å². The monoisotopic (exact) mass is 395 g/mol. The zero-order chi connectivity index (χ0) is 15.6. The van der Waals surface area contributed by atoms with Crippen LogP contribution >= 0.6 is 39.1 Å². The molecule has 0 amide bonds. The predicted molar refractivity (Wildman–Crippen MR) is 85.8 cm³/mol. The van der Waals surface area contributed by atoms with Gasteiger partial charge in [-0.15, -0.1) is 0 Å². The Hall–Kier alpha value is -1.11. The van der Waals surface area contributed by atoms with Crippen molar-refractivity contribution in [3.8, 4) is 0 Å². The van der Waals surface area contributed by atoms with Crippen LogP contribution in [0.5, 0.6) is 0 Å². The highest BCUT2D eigenvalue weighted by Gasteiger charge is 2.13. The Balaban J connectivity index is 2.39. The minimum absolute atomic E-state index is 0.0439. The molecular weight excluding hydrogens is 387 g/mol. The zero-order valence-electron chi connectivity index (χ0n) is 10.8. The van der Waals surface area contributed by atoms with Crippen LogP contribution in [0.25, 0.3) is 0 Å². The lowest BCUT2D eigenvalue weighted by molar-refractivity contribution is 0.581. The van der Waals surface area contributed by atoms with E-state index >= 15 is 0 Å². The molecule has 1 aromatic carbocycles. The smallest absolute Gasteiger partial charge is 0.151 e. The van der Waals surface area contributed by atoms with Gasteiger partial charge in [-0.3, -0.25) is 0 Å². The van der Waals surface area contributed by atoms with E-state index in [0.29, 0.717) is 17.4 Å². The molecule has 0 saturated heterocycles. The molecule has 1 heterocycles. The molecule has 0 unspecified atom stereocenters. The van der Waals surface area contributed by atoms with E-state index in [2.05, 4.69) is 31.5 Å². The summed E-state index contributed by atoms with van der Waals surface area (Å²) in [6, 6.07) is 3.53. The molecule has 8 heteroatoms. The quantitative estimate of drug-likeness (QED) is 0.660. The van der Waals surface area contributed by atoms with E-state index in [-0.39, 0.29) is 21.0 Å². The average Bonchev–Trinajstić information content (AvgIpc) is 2.41. The van der Waals surface area contributed by atoms with Crippen LogP contribution in [0.3, 0.4) is 0 Å². The van der Waals surface area contributed by atoms with Crippen molar-refractivity contribution in [2.24, 2.45) is 0 Å². The maximum Gasteiger partial charge on any atom is 0.151 e. The Morgan fingerprint density at radius 3 is 2.43 bits per heavy atom. The van der Waals surface area contributed by atoms with E-state index in [9.17, 15) is 8.78 Å². The maximum absolute atomic E-state index is 13.7. The van der Waals surface area contributed by atoms with Crippen LogP contribution in [0, 0.1) is 11.6 Å². The summed E-state index contributed by atoms with van der Waals surface area (Å²) in [7, 11) is 0. The molecule has 0 aliphatic carbocycles. The van der Waals surface area contributed by atoms with E-state index < -0.39 is 11.6 Å². The molecule has 2 N–H and O–H groups in total. The first kappa shape index (κ1) is 16.3. The van der Waals surface area contributed by atoms with Crippen molar-refractivity contribution in [1.29, 1.82) is 0 Å². The van der Waals surface area contributed by atoms with Crippen molar-refractivity contribution >= 4 is 56.5 Å². The summed E-state index contributed by atoms with van der Waals surface area (Å²) in [5.41, 5.74) is 0.0439. The minimum Gasteiger partial charge on any atom is -0.369 e. The SMILES string of the molecule is CCNc1nc(Nc2cc(Br)c(F)cc2F)c(Cl)cc1Cl. The number of aromatic nitrogens is 1. The lowest BCUT2D eigenvalue weighted by atomic mass is 10.3. The Labute approximate surface area is 138 Å². The van der Waals surface area contributed by atoms with E-state index in [1.54, 1.807) is 0 Å². The van der Waals surface area contributed by atoms with E-state index in [1.807, 2.05) is 6.92 Å². The fourth-order valence-corrected chi connectivity index (χ4v) is 2.41. The number of rotatable bonds is 4. The van der Waals surface area contributed by atoms with Gasteiger partial charge < -0.3 is 10.6 Å². The molecule has 0 saturated carbocycles. The first-order valence-electron chi connectivity index (χ1n) is 5.93. The Morgan fingerprint density at radius 2 is 1.76 bits per heavy atom. The number of halogens is 5. The fraction of sp³-hybridized carbons (Fsp3) is 0.154. The Morgan fingerprint density at radius 1 is 1.10 bits per heavy atom. The van der Waals surface area contributed by atoms with Gasteiger partial charge in [0.2, 0.25) is 0 Å². The van der Waals surface area contributed by atoms with Gasteiger partial charge in [0, 0.05) is 12.6 Å². The summed E-state index contributed by atoms with van der Waals surface area (Å²) >= 11 is 15.0. The highest BCUT2D eigenvalue weighted by atomic mass is 79.9. The van der Waals surface area contributed by atoms with Crippen molar-refractivity contribution in [3.63, 3.8) is 0 Å². The summed E-state index contributed by atoms with van der Waals surface area (Å²) in [5, 5.41) is 6.26. The third kappa shape index (κ3) is 3.75. The highest BCUT2D eigenvalue weighted by Crippen LogP contribution is 2.32. The Kier molecular flexibility index (Phi) is 5.24. The second-order valence-electron chi connectivity index (χ2n) is 4.05. The molecule has 3 nitrogen and oxygen atoms in total. The third-order valence-electron chi connectivity index (χ3n) is 2.54. The third-order valence-corrected chi connectivity index (χ3v) is 3.72. The number of hydrogen-bond donors (Lipinski definition) is 2. The number of benzene rings is 1. The Bertz CT molecular complexity index is 683. The molecule has 0 radical (unpaired) electrons. The average molecular weight is 397 g/mol. The van der Waals surface area contributed by atoms with Crippen molar-refractivity contribution in [2.45, 2.75) is 6.92 Å². The van der Waals surface area contributed by atoms with Crippen LogP contribution in [-0.4, -0.2) is 11.5 Å². The van der Waals surface area contributed by atoms with E-state index in [0.717, 1.165) is 6.07 Å². The van der Waals surface area contributed by atoms with E-state index in [4.69, 9.17) is 23.2 Å². The molecular formula is C13H10BrCl2F2N3. The molecule has 0 atom stereocenters. The summed E-state index contributed by atoms with van der Waals surface area (Å²) in [6.45, 7) is 2.50. The molecule has 112 valence electrons. The van der Waals surface area contributed by atoms with Crippen LogP contribution in [0.15, 0.2) is 22.7 Å². The predicted octanol–water partition coefficient (Wildman–Crippen LogP) is 5.60. The van der Waals surface area contributed by atoms with Crippen molar-refractivity contribution in [1.82, 2.24) is 4.98 Å². The lowest BCUT2D eigenvalue weighted by Crippen LogP contribution is -2.04. The molecule has 21 heavy (non-hydrogen) atoms. The second kappa shape index (κ2) is 6.77. The van der Waals surface area contributed by atoms with E-state index in [1.165, 1.54) is 12.1 Å². The van der Waals surface area contributed by atoms with Gasteiger partial charge in [0.15, 0.2) is 5.82 Å². The van der Waals surface area contributed by atoms with Gasteiger partial charge in [0.05, 0.1) is 20.2 Å². The van der Waals surface area contributed by atoms with Gasteiger partial charge in [-0.1, -0.05) is 23.2 Å². The van der Waals surface area contributed by atoms with Crippen LogP contribution in [0.1, 0.15) is 6.92 Å². The van der Waals surface area contributed by atoms with Crippen LogP contribution in [0.2, 0.25) is 10.0 Å². The zero-order valence-corrected chi connectivity index (χ0v) is 13.9. The van der Waals surface area contributed by atoms with Crippen LogP contribution < -0.4 is 10.6 Å². The summed E-state index contributed by atoms with van der Waals surface area (Å²) in [4.78, 5) is 4.19. The van der Waals surface area contributed by atoms with Gasteiger partial charge in [-0.05, 0) is 35.0 Å². The molecule has 2 rings (SSSR count). The standard InChI is InChI=1S/C13H10BrCl2F2N3/c1-2-19-12-7(15)4-8(16)13(21-12)20-11-3-6(14)9(17)5-10(11)18/h3-5H,2H2,1H3,(H2,19,20,21). The summed E-state index contributed by atoms with van der Waals surface area (Å²) in [5.74, 6) is -0.808. The topological polar surface area (TPSA) is 37.0 Å². The van der Waals surface area contributed by atoms with Gasteiger partial charge in [0.25, 0.3) is 0 Å². The number of hydrogen-bond acceptors (Lipinski definition) is 3. The number of nitrogens with zero attached hydrogens (tertiary/aromatic N) is 1. The molecule has 0 fully saturated rings. The first-order valence-corrected chi connectivity index (χ1v) is 7.48. The minimum atomic E-state index is -0.756. The van der Waals surface area contributed by atoms with Gasteiger partial charge >= 0.3 is 0 Å². The molecule has 1 aromatic heterocycles. The largest absolute Gasteiger partial charge is 0.369 e. The lowest BCUT2D eigenvalue weighted by Gasteiger charge is -2.12. The van der Waals surface area contributed by atoms with Crippen molar-refractivity contribution in [3.05, 3.63) is 44.4 Å². The molecule has 0 aliphatic heterocycles. The van der Waals surface area contributed by atoms with Crippen LogP contribution in [-0.2, 0) is 0 Å². The molecule has 0 spiro atoms. The highest BCUT2D eigenvalue weighted by molar-refractivity contribution is 9.10. The second-order valence-corrected chi connectivity index (χ2v) is 5.72. The van der Waals surface area contributed by atoms with Gasteiger partial charge in [-0.2, -0.15) is 0 Å². The fourth-order valence-electron chi connectivity index (χ4n) is 1.59. The van der Waals surface area contributed by atoms with Gasteiger partial charge in [0.1, 0.15) is 17.5 Å². The first-order chi connectivity index (χ1) is 9.92. The molecule has 0 aliphatic rings. The number of nitrogens with one attached hydrogen (secondary N) is 2. The molecule has 0 bridgehead atoms.